The Bertz CT molecular complexity index is 772. The van der Waals surface area contributed by atoms with Crippen LogP contribution in [0.2, 0.25) is 0 Å². The van der Waals surface area contributed by atoms with E-state index in [2.05, 4.69) is 17.0 Å². The van der Waals surface area contributed by atoms with Crippen LogP contribution < -0.4 is 4.74 Å². The minimum Gasteiger partial charge on any atom is -0.488 e. The van der Waals surface area contributed by atoms with Gasteiger partial charge in [-0.25, -0.2) is 4.79 Å². The quantitative estimate of drug-likeness (QED) is 0.743. The lowest BCUT2D eigenvalue weighted by Gasteiger charge is -2.21. The highest BCUT2D eigenvalue weighted by molar-refractivity contribution is 5.90. The minimum absolute atomic E-state index is 0.280. The van der Waals surface area contributed by atoms with Crippen molar-refractivity contribution >= 4 is 5.97 Å². The van der Waals surface area contributed by atoms with Crippen molar-refractivity contribution in [2.45, 2.75) is 19.6 Å². The molecule has 26 heavy (non-hydrogen) atoms. The zero-order chi connectivity index (χ0) is 18.5. The third-order valence-corrected chi connectivity index (χ3v) is 4.35. The van der Waals surface area contributed by atoms with Gasteiger partial charge in [0, 0.05) is 12.1 Å². The van der Waals surface area contributed by atoms with Crippen LogP contribution in [0.15, 0.2) is 42.5 Å². The molecule has 138 valence electrons. The summed E-state index contributed by atoms with van der Waals surface area (Å²) in [6.07, 6.45) is -0.280. The van der Waals surface area contributed by atoms with Crippen LogP contribution in [0.3, 0.4) is 0 Å². The number of fused-ring (bicyclic) bond motifs is 2. The van der Waals surface area contributed by atoms with Crippen molar-refractivity contribution < 1.29 is 19.0 Å². The smallest absolute Gasteiger partial charge is 0.338 e. The average molecular weight is 355 g/mol. The fourth-order valence-corrected chi connectivity index (χ4v) is 3.00. The Morgan fingerprint density at radius 2 is 2.00 bits per heavy atom. The fourth-order valence-electron chi connectivity index (χ4n) is 3.00. The van der Waals surface area contributed by atoms with E-state index in [9.17, 15) is 4.79 Å². The summed E-state index contributed by atoms with van der Waals surface area (Å²) >= 11 is 0. The van der Waals surface area contributed by atoms with Crippen molar-refractivity contribution in [1.82, 2.24) is 4.90 Å². The molecule has 0 saturated carbocycles. The molecule has 0 fully saturated rings. The summed E-state index contributed by atoms with van der Waals surface area (Å²) in [4.78, 5) is 14.2. The lowest BCUT2D eigenvalue weighted by molar-refractivity contribution is 0.0524. The molecule has 0 saturated heterocycles. The molecule has 5 nitrogen and oxygen atoms in total. The standard InChI is InChI=1S/C21H25NO4/c1-4-24-21(23)15-9-10-19-18(13-15)20(25-12-11-22(2)3)17-8-6-5-7-16(17)14-26-19/h5-10,13,20H,4,11-12,14H2,1-3H3. The minimum atomic E-state index is -0.333. The average Bonchev–Trinajstić information content (AvgIpc) is 2.79. The highest BCUT2D eigenvalue weighted by Gasteiger charge is 2.26. The number of ether oxygens (including phenoxy) is 3. The van der Waals surface area contributed by atoms with Crippen LogP contribution in [0.1, 0.15) is 40.1 Å². The molecule has 0 aliphatic carbocycles. The molecule has 1 atom stereocenters. The molecule has 1 unspecified atom stereocenters. The van der Waals surface area contributed by atoms with Gasteiger partial charge >= 0.3 is 5.97 Å². The number of rotatable bonds is 6. The first-order chi connectivity index (χ1) is 12.6. The molecule has 0 spiro atoms. The molecule has 1 heterocycles. The zero-order valence-corrected chi connectivity index (χ0v) is 15.5. The van der Waals surface area contributed by atoms with Crippen molar-refractivity contribution in [3.05, 3.63) is 64.7 Å². The second kappa shape index (κ2) is 8.34. The summed E-state index contributed by atoms with van der Waals surface area (Å²) < 4.78 is 17.4. The Morgan fingerprint density at radius 3 is 2.77 bits per heavy atom. The Morgan fingerprint density at radius 1 is 1.19 bits per heavy atom. The van der Waals surface area contributed by atoms with E-state index >= 15 is 0 Å². The number of nitrogens with zero attached hydrogens (tertiary/aromatic N) is 1. The molecule has 2 aromatic rings. The molecule has 0 N–H and O–H groups in total. The van der Waals surface area contributed by atoms with E-state index < -0.39 is 0 Å². The predicted molar refractivity (Wildman–Crippen MR) is 99.5 cm³/mol. The Kier molecular flexibility index (Phi) is 5.91. The highest BCUT2D eigenvalue weighted by Crippen LogP contribution is 2.38. The molecular weight excluding hydrogens is 330 g/mol. The van der Waals surface area contributed by atoms with E-state index in [-0.39, 0.29) is 12.1 Å². The molecule has 2 aromatic carbocycles. The molecular formula is C21H25NO4. The fraction of sp³-hybridized carbons (Fsp3) is 0.381. The monoisotopic (exact) mass is 355 g/mol. The van der Waals surface area contributed by atoms with Crippen LogP contribution >= 0.6 is 0 Å². The van der Waals surface area contributed by atoms with Gasteiger partial charge in [0.1, 0.15) is 18.5 Å². The number of carbonyl (C=O) groups excluding carboxylic acids is 1. The van der Waals surface area contributed by atoms with Crippen molar-refractivity contribution in [2.24, 2.45) is 0 Å². The molecule has 1 aliphatic heterocycles. The molecule has 0 bridgehead atoms. The van der Waals surface area contributed by atoms with Crippen molar-refractivity contribution in [3.8, 4) is 5.75 Å². The van der Waals surface area contributed by atoms with E-state index in [0.717, 1.165) is 29.0 Å². The van der Waals surface area contributed by atoms with Gasteiger partial charge in [-0.2, -0.15) is 0 Å². The summed E-state index contributed by atoms with van der Waals surface area (Å²) in [5.41, 5.74) is 3.54. The summed E-state index contributed by atoms with van der Waals surface area (Å²) in [6.45, 7) is 4.02. The third kappa shape index (κ3) is 4.06. The van der Waals surface area contributed by atoms with Gasteiger partial charge in [-0.15, -0.1) is 0 Å². The van der Waals surface area contributed by atoms with Crippen molar-refractivity contribution in [2.75, 3.05) is 33.9 Å². The lowest BCUT2D eigenvalue weighted by atomic mass is 9.96. The number of esters is 1. The number of carbonyl (C=O) groups is 1. The van der Waals surface area contributed by atoms with Gasteiger partial charge < -0.3 is 19.1 Å². The Hall–Kier alpha value is -2.37. The summed E-state index contributed by atoms with van der Waals surface area (Å²) in [5, 5.41) is 0. The van der Waals surface area contributed by atoms with Crippen LogP contribution in [0.5, 0.6) is 5.75 Å². The summed E-state index contributed by atoms with van der Waals surface area (Å²) in [5.74, 6) is 0.406. The molecule has 3 rings (SSSR count). The third-order valence-electron chi connectivity index (χ3n) is 4.35. The number of benzene rings is 2. The van der Waals surface area contributed by atoms with Gasteiger partial charge in [-0.1, -0.05) is 24.3 Å². The van der Waals surface area contributed by atoms with Gasteiger partial charge in [0.25, 0.3) is 0 Å². The number of hydrogen-bond acceptors (Lipinski definition) is 5. The summed E-state index contributed by atoms with van der Waals surface area (Å²) in [7, 11) is 4.03. The van der Waals surface area contributed by atoms with Crippen LogP contribution in [0.4, 0.5) is 0 Å². The van der Waals surface area contributed by atoms with Crippen LogP contribution in [-0.2, 0) is 16.1 Å². The van der Waals surface area contributed by atoms with E-state index in [1.165, 1.54) is 0 Å². The van der Waals surface area contributed by atoms with Gasteiger partial charge in [-0.3, -0.25) is 0 Å². The molecule has 0 radical (unpaired) electrons. The number of likely N-dealkylation sites (N-methyl/N-ethyl adjacent to an activating group) is 1. The first kappa shape index (κ1) is 18.4. The number of hydrogen-bond donors (Lipinski definition) is 0. The molecule has 0 aromatic heterocycles. The van der Waals surface area contributed by atoms with E-state index in [1.807, 2.05) is 38.4 Å². The van der Waals surface area contributed by atoms with E-state index in [0.29, 0.717) is 25.4 Å². The Labute approximate surface area is 154 Å². The second-order valence-electron chi connectivity index (χ2n) is 6.51. The van der Waals surface area contributed by atoms with Crippen LogP contribution in [-0.4, -0.2) is 44.7 Å². The largest absolute Gasteiger partial charge is 0.488 e. The van der Waals surface area contributed by atoms with Gasteiger partial charge in [0.05, 0.1) is 18.8 Å². The van der Waals surface area contributed by atoms with E-state index in [1.54, 1.807) is 13.0 Å². The summed E-state index contributed by atoms with van der Waals surface area (Å²) in [6, 6.07) is 13.5. The first-order valence-electron chi connectivity index (χ1n) is 8.88. The SMILES string of the molecule is CCOC(=O)c1ccc2c(c1)C(OCCN(C)C)c1ccccc1CO2. The van der Waals surface area contributed by atoms with Crippen molar-refractivity contribution in [3.63, 3.8) is 0 Å². The topological polar surface area (TPSA) is 48.0 Å². The molecule has 5 heteroatoms. The zero-order valence-electron chi connectivity index (χ0n) is 15.5. The predicted octanol–water partition coefficient (Wildman–Crippen LogP) is 3.42. The van der Waals surface area contributed by atoms with Crippen LogP contribution in [0.25, 0.3) is 0 Å². The molecule has 1 aliphatic rings. The molecule has 0 amide bonds. The normalized spacial score (nSPS) is 15.6. The van der Waals surface area contributed by atoms with Crippen molar-refractivity contribution in [1.29, 1.82) is 0 Å². The van der Waals surface area contributed by atoms with Gasteiger partial charge in [-0.05, 0) is 50.3 Å². The maximum Gasteiger partial charge on any atom is 0.338 e. The first-order valence-corrected chi connectivity index (χ1v) is 8.88. The lowest BCUT2D eigenvalue weighted by Crippen LogP contribution is -2.20. The maximum atomic E-state index is 12.2. The highest BCUT2D eigenvalue weighted by atomic mass is 16.5. The van der Waals surface area contributed by atoms with Gasteiger partial charge in [0.15, 0.2) is 0 Å². The van der Waals surface area contributed by atoms with Crippen LogP contribution in [0, 0.1) is 0 Å². The Balaban J connectivity index is 1.99. The van der Waals surface area contributed by atoms with Gasteiger partial charge in [0.2, 0.25) is 0 Å². The maximum absolute atomic E-state index is 12.2. The van der Waals surface area contributed by atoms with E-state index in [4.69, 9.17) is 14.2 Å². The second-order valence-corrected chi connectivity index (χ2v) is 6.51.